The third-order valence-corrected chi connectivity index (χ3v) is 6.10. The molecule has 1 atom stereocenters. The Morgan fingerprint density at radius 2 is 2.19 bits per heavy atom. The number of aromatic nitrogens is 2. The van der Waals surface area contributed by atoms with E-state index >= 15 is 0 Å². The highest BCUT2D eigenvalue weighted by Gasteiger charge is 2.28. The lowest BCUT2D eigenvalue weighted by Crippen LogP contribution is -2.42. The van der Waals surface area contributed by atoms with Crippen LogP contribution in [-0.2, 0) is 17.8 Å². The third-order valence-electron chi connectivity index (χ3n) is 5.09. The highest BCUT2D eigenvalue weighted by molar-refractivity contribution is 7.17. The number of amides is 1. The molecule has 0 spiro atoms. The van der Waals surface area contributed by atoms with Crippen LogP contribution in [0.4, 0.5) is 0 Å². The first kappa shape index (κ1) is 17.2. The van der Waals surface area contributed by atoms with E-state index < -0.39 is 0 Å². The predicted molar refractivity (Wildman–Crippen MR) is 105 cm³/mol. The number of hydrogen-bond acceptors (Lipinski definition) is 4. The van der Waals surface area contributed by atoms with Gasteiger partial charge in [0.1, 0.15) is 0 Å². The van der Waals surface area contributed by atoms with Crippen molar-refractivity contribution in [2.24, 2.45) is 0 Å². The van der Waals surface area contributed by atoms with Gasteiger partial charge in [0, 0.05) is 17.4 Å². The number of rotatable bonds is 5. The standard InChI is InChI=1S/C20H24N4OS/c1-22(2)8-7-16-11-23(12-17-10-21-14-24(16)17)20(25)9-15-13-26-19-6-4-3-5-18(15)19/h3-6,10,13-14,16H,7-9,11-12H2,1-2H3/t16-/m0/s1. The van der Waals surface area contributed by atoms with Crippen LogP contribution in [0.1, 0.15) is 23.7 Å². The van der Waals surface area contributed by atoms with Gasteiger partial charge in [-0.05, 0) is 49.5 Å². The Morgan fingerprint density at radius 3 is 3.04 bits per heavy atom. The van der Waals surface area contributed by atoms with Gasteiger partial charge < -0.3 is 14.4 Å². The molecule has 1 amide bonds. The number of thiophene rings is 1. The number of carbonyl (C=O) groups is 1. The quantitative estimate of drug-likeness (QED) is 0.695. The van der Waals surface area contributed by atoms with Crippen LogP contribution >= 0.6 is 11.3 Å². The normalized spacial score (nSPS) is 17.0. The largest absolute Gasteiger partial charge is 0.334 e. The van der Waals surface area contributed by atoms with Gasteiger partial charge in [-0.3, -0.25) is 4.79 Å². The number of carbonyl (C=O) groups excluding carboxylic acids is 1. The van der Waals surface area contributed by atoms with Gasteiger partial charge in [0.15, 0.2) is 0 Å². The molecule has 0 saturated carbocycles. The van der Waals surface area contributed by atoms with E-state index in [1.807, 2.05) is 29.6 Å². The number of imidazole rings is 1. The summed E-state index contributed by atoms with van der Waals surface area (Å²) in [6, 6.07) is 8.61. The van der Waals surface area contributed by atoms with E-state index in [-0.39, 0.29) is 5.91 Å². The molecular formula is C20H24N4OS. The SMILES string of the molecule is CN(C)CC[C@H]1CN(C(=O)Cc2csc3ccccc23)Cc2cncn21. The van der Waals surface area contributed by atoms with Crippen LogP contribution in [0.25, 0.3) is 10.1 Å². The molecule has 0 fully saturated rings. The van der Waals surface area contributed by atoms with Crippen molar-refractivity contribution in [2.75, 3.05) is 27.2 Å². The lowest BCUT2D eigenvalue weighted by molar-refractivity contribution is -0.132. The van der Waals surface area contributed by atoms with Gasteiger partial charge >= 0.3 is 0 Å². The molecule has 1 aliphatic rings. The van der Waals surface area contributed by atoms with Crippen LogP contribution in [0, 0.1) is 0 Å². The van der Waals surface area contributed by atoms with Gasteiger partial charge in [0.2, 0.25) is 5.91 Å². The van der Waals surface area contributed by atoms with E-state index in [0.717, 1.165) is 30.8 Å². The van der Waals surface area contributed by atoms with Crippen LogP contribution in [0.3, 0.4) is 0 Å². The molecule has 1 aromatic carbocycles. The maximum absolute atomic E-state index is 13.0. The molecule has 6 heteroatoms. The zero-order chi connectivity index (χ0) is 18.1. The molecule has 3 heterocycles. The van der Waals surface area contributed by atoms with Crippen LogP contribution in [0.2, 0.25) is 0 Å². The third kappa shape index (κ3) is 3.39. The molecular weight excluding hydrogens is 344 g/mol. The minimum atomic E-state index is 0.204. The Morgan fingerprint density at radius 1 is 1.35 bits per heavy atom. The van der Waals surface area contributed by atoms with E-state index in [9.17, 15) is 4.79 Å². The second kappa shape index (κ2) is 7.21. The molecule has 26 heavy (non-hydrogen) atoms. The molecule has 0 unspecified atom stereocenters. The van der Waals surface area contributed by atoms with E-state index in [1.165, 1.54) is 10.1 Å². The first-order chi connectivity index (χ1) is 12.6. The lowest BCUT2D eigenvalue weighted by Gasteiger charge is -2.35. The molecule has 136 valence electrons. The number of nitrogens with zero attached hydrogens (tertiary/aromatic N) is 4. The molecule has 0 bridgehead atoms. The fraction of sp³-hybridized carbons (Fsp3) is 0.400. The van der Waals surface area contributed by atoms with Gasteiger partial charge in [-0.15, -0.1) is 11.3 Å². The van der Waals surface area contributed by atoms with E-state index in [4.69, 9.17) is 0 Å². The summed E-state index contributed by atoms with van der Waals surface area (Å²) in [6.07, 6.45) is 5.28. The van der Waals surface area contributed by atoms with Crippen LogP contribution in [0.5, 0.6) is 0 Å². The molecule has 3 aromatic rings. The number of fused-ring (bicyclic) bond motifs is 2. The molecule has 0 radical (unpaired) electrons. The summed E-state index contributed by atoms with van der Waals surface area (Å²) in [5.41, 5.74) is 2.27. The van der Waals surface area contributed by atoms with Crippen LogP contribution in [-0.4, -0.2) is 52.4 Å². The van der Waals surface area contributed by atoms with Crippen molar-refractivity contribution in [3.05, 3.63) is 53.4 Å². The average Bonchev–Trinajstić information content (AvgIpc) is 3.26. The monoisotopic (exact) mass is 368 g/mol. The van der Waals surface area contributed by atoms with Gasteiger partial charge in [-0.1, -0.05) is 18.2 Å². The van der Waals surface area contributed by atoms with Crippen molar-refractivity contribution in [2.45, 2.75) is 25.4 Å². The second-order valence-electron chi connectivity index (χ2n) is 7.25. The molecule has 0 saturated heterocycles. The van der Waals surface area contributed by atoms with Crippen molar-refractivity contribution < 1.29 is 4.79 Å². The fourth-order valence-corrected chi connectivity index (χ4v) is 4.62. The Balaban J connectivity index is 1.51. The van der Waals surface area contributed by atoms with E-state index in [0.29, 0.717) is 19.0 Å². The van der Waals surface area contributed by atoms with Crippen molar-refractivity contribution in [1.29, 1.82) is 0 Å². The Hall–Kier alpha value is -2.18. The minimum Gasteiger partial charge on any atom is -0.334 e. The van der Waals surface area contributed by atoms with Gasteiger partial charge in [-0.25, -0.2) is 4.98 Å². The number of benzene rings is 1. The average molecular weight is 369 g/mol. The Labute approximate surface area is 157 Å². The lowest BCUT2D eigenvalue weighted by atomic mass is 10.1. The maximum Gasteiger partial charge on any atom is 0.227 e. The summed E-state index contributed by atoms with van der Waals surface area (Å²) < 4.78 is 3.49. The summed E-state index contributed by atoms with van der Waals surface area (Å²) in [5.74, 6) is 0.204. The summed E-state index contributed by atoms with van der Waals surface area (Å²) in [7, 11) is 4.17. The smallest absolute Gasteiger partial charge is 0.227 e. The highest BCUT2D eigenvalue weighted by atomic mass is 32.1. The summed E-state index contributed by atoms with van der Waals surface area (Å²) >= 11 is 1.71. The predicted octanol–water partition coefficient (Wildman–Crippen LogP) is 3.18. The molecule has 4 rings (SSSR count). The summed E-state index contributed by atoms with van der Waals surface area (Å²) in [5, 5.41) is 3.33. The Kier molecular flexibility index (Phi) is 4.78. The molecule has 0 N–H and O–H groups in total. The van der Waals surface area contributed by atoms with E-state index in [2.05, 4.69) is 46.1 Å². The molecule has 5 nitrogen and oxygen atoms in total. The van der Waals surface area contributed by atoms with Crippen molar-refractivity contribution >= 4 is 27.3 Å². The van der Waals surface area contributed by atoms with Gasteiger partial charge in [-0.2, -0.15) is 0 Å². The second-order valence-corrected chi connectivity index (χ2v) is 8.16. The first-order valence-corrected chi connectivity index (χ1v) is 9.88. The molecule has 2 aromatic heterocycles. The number of hydrogen-bond donors (Lipinski definition) is 0. The summed E-state index contributed by atoms with van der Waals surface area (Å²) in [6.45, 7) is 2.41. The Bertz CT molecular complexity index is 913. The maximum atomic E-state index is 13.0. The van der Waals surface area contributed by atoms with Crippen molar-refractivity contribution in [1.82, 2.24) is 19.4 Å². The van der Waals surface area contributed by atoms with Crippen LogP contribution < -0.4 is 0 Å². The summed E-state index contributed by atoms with van der Waals surface area (Å²) in [4.78, 5) is 21.5. The zero-order valence-electron chi connectivity index (χ0n) is 15.3. The van der Waals surface area contributed by atoms with Gasteiger partial charge in [0.25, 0.3) is 0 Å². The van der Waals surface area contributed by atoms with Crippen molar-refractivity contribution in [3.63, 3.8) is 0 Å². The zero-order valence-corrected chi connectivity index (χ0v) is 16.1. The topological polar surface area (TPSA) is 41.4 Å². The van der Waals surface area contributed by atoms with Gasteiger partial charge in [0.05, 0.1) is 31.0 Å². The van der Waals surface area contributed by atoms with Crippen molar-refractivity contribution in [3.8, 4) is 0 Å². The van der Waals surface area contributed by atoms with Crippen LogP contribution in [0.15, 0.2) is 42.2 Å². The first-order valence-electron chi connectivity index (χ1n) is 9.00. The minimum absolute atomic E-state index is 0.204. The highest BCUT2D eigenvalue weighted by Crippen LogP contribution is 2.28. The molecule has 0 aliphatic carbocycles. The van der Waals surface area contributed by atoms with E-state index in [1.54, 1.807) is 11.3 Å². The fourth-order valence-electron chi connectivity index (χ4n) is 3.66. The molecule has 1 aliphatic heterocycles.